The molecule has 0 aliphatic carbocycles. The van der Waals surface area contributed by atoms with Crippen molar-refractivity contribution >= 4 is 37.0 Å². The predicted octanol–water partition coefficient (Wildman–Crippen LogP) is 1.59. The summed E-state index contributed by atoms with van der Waals surface area (Å²) in [6.07, 6.45) is 1.04. The third-order valence-corrected chi connectivity index (χ3v) is 4.31. The molecule has 2 heterocycles. The van der Waals surface area contributed by atoms with Gasteiger partial charge in [-0.2, -0.15) is 0 Å². The number of rotatable bonds is 4. The highest BCUT2D eigenvalue weighted by Gasteiger charge is 2.17. The highest BCUT2D eigenvalue weighted by molar-refractivity contribution is 9.10. The Hall–Kier alpha value is -2.27. The van der Waals surface area contributed by atoms with Crippen LogP contribution in [0.1, 0.15) is 0 Å². The molecule has 11 heteroatoms. The van der Waals surface area contributed by atoms with E-state index in [1.165, 1.54) is 13.2 Å². The number of aromatic nitrogens is 5. The van der Waals surface area contributed by atoms with Gasteiger partial charge < -0.3 is 9.47 Å². The van der Waals surface area contributed by atoms with Crippen LogP contribution in [-0.4, -0.2) is 46.4 Å². The van der Waals surface area contributed by atoms with E-state index in [-0.39, 0.29) is 5.88 Å². The van der Waals surface area contributed by atoms with Crippen molar-refractivity contribution in [2.45, 2.75) is 0 Å². The normalized spacial score (nSPS) is 11.6. The van der Waals surface area contributed by atoms with E-state index >= 15 is 0 Å². The lowest BCUT2D eigenvalue weighted by Gasteiger charge is -2.06. The van der Waals surface area contributed by atoms with Gasteiger partial charge in [0.05, 0.1) is 17.8 Å². The van der Waals surface area contributed by atoms with E-state index in [0.29, 0.717) is 27.1 Å². The van der Waals surface area contributed by atoms with Crippen molar-refractivity contribution in [1.29, 1.82) is 0 Å². The minimum Gasteiger partial charge on any atom is -0.480 e. The summed E-state index contributed by atoms with van der Waals surface area (Å²) >= 11 is 3.32. The van der Waals surface area contributed by atoms with E-state index in [2.05, 4.69) is 36.4 Å². The minimum absolute atomic E-state index is 0.232. The van der Waals surface area contributed by atoms with Crippen molar-refractivity contribution in [3.05, 3.63) is 28.7 Å². The lowest BCUT2D eigenvalue weighted by Crippen LogP contribution is -2.11. The molecule has 9 nitrogen and oxygen atoms in total. The van der Waals surface area contributed by atoms with Crippen LogP contribution in [0.25, 0.3) is 11.0 Å². The van der Waals surface area contributed by atoms with Crippen molar-refractivity contribution in [1.82, 2.24) is 24.6 Å². The zero-order valence-electron chi connectivity index (χ0n) is 12.0. The Balaban J connectivity index is 2.04. The molecule has 3 rings (SSSR count). The molecule has 0 saturated heterocycles. The van der Waals surface area contributed by atoms with Crippen LogP contribution < -0.4 is 9.47 Å². The minimum atomic E-state index is -3.58. The van der Waals surface area contributed by atoms with E-state index in [1.807, 2.05) is 0 Å². The highest BCUT2D eigenvalue weighted by atomic mass is 79.9. The number of hydrogen-bond donors (Lipinski definition) is 0. The summed E-state index contributed by atoms with van der Waals surface area (Å²) in [5.41, 5.74) is 0.696. The zero-order valence-corrected chi connectivity index (χ0v) is 14.4. The van der Waals surface area contributed by atoms with Gasteiger partial charge in [0.25, 0.3) is 10.0 Å². The summed E-state index contributed by atoms with van der Waals surface area (Å²) in [5.74, 6) is 0.944. The van der Waals surface area contributed by atoms with E-state index < -0.39 is 10.0 Å². The van der Waals surface area contributed by atoms with Gasteiger partial charge in [0.2, 0.25) is 11.8 Å². The molecule has 0 radical (unpaired) electrons. The number of methoxy groups -OCH3 is 1. The maximum Gasteiger partial charge on any atom is 0.252 e. The van der Waals surface area contributed by atoms with Gasteiger partial charge in [0.15, 0.2) is 0 Å². The summed E-state index contributed by atoms with van der Waals surface area (Å²) < 4.78 is 35.3. The Kier molecular flexibility index (Phi) is 3.90. The second-order valence-corrected chi connectivity index (χ2v) is 7.15. The number of hydrogen-bond acceptors (Lipinski definition) is 8. The first-order valence-electron chi connectivity index (χ1n) is 6.19. The number of benzene rings is 1. The van der Waals surface area contributed by atoms with Crippen molar-refractivity contribution in [2.75, 3.05) is 13.4 Å². The Morgan fingerprint density at radius 2 is 1.83 bits per heavy atom. The van der Waals surface area contributed by atoms with Gasteiger partial charge in [-0.05, 0) is 22.0 Å². The Morgan fingerprint density at radius 1 is 1.13 bits per heavy atom. The molecule has 0 unspecified atom stereocenters. The summed E-state index contributed by atoms with van der Waals surface area (Å²) in [5, 5.41) is 15.1. The monoisotopic (exact) mass is 399 g/mol. The molecule has 2 aromatic heterocycles. The highest BCUT2D eigenvalue weighted by Crippen LogP contribution is 2.30. The first kappa shape index (κ1) is 15.6. The molecule has 0 amide bonds. The standard InChI is InChI=1S/C12H10BrN5O4S/c1-21-10-3-4-11(15-14-10)22-7-5-8(13)12-9(6-7)18(17-16-12)23(2,19)20/h3-6H,1-2H3. The Morgan fingerprint density at radius 3 is 2.43 bits per heavy atom. The van der Waals surface area contributed by atoms with E-state index in [9.17, 15) is 8.42 Å². The molecule has 0 aliphatic rings. The zero-order chi connectivity index (χ0) is 16.6. The SMILES string of the molecule is COc1ccc(Oc2cc(Br)c3nnn(S(C)(=O)=O)c3c2)nn1. The first-order chi connectivity index (χ1) is 10.9. The van der Waals surface area contributed by atoms with E-state index in [4.69, 9.17) is 9.47 Å². The quantitative estimate of drug-likeness (QED) is 0.650. The third-order valence-electron chi connectivity index (χ3n) is 2.81. The molecule has 23 heavy (non-hydrogen) atoms. The van der Waals surface area contributed by atoms with Crippen LogP contribution in [0.3, 0.4) is 0 Å². The smallest absolute Gasteiger partial charge is 0.252 e. The van der Waals surface area contributed by atoms with Crippen LogP contribution in [0.2, 0.25) is 0 Å². The fraction of sp³-hybridized carbons (Fsp3) is 0.167. The summed E-state index contributed by atoms with van der Waals surface area (Å²) in [4.78, 5) is 0. The Bertz CT molecular complexity index is 971. The van der Waals surface area contributed by atoms with E-state index in [1.54, 1.807) is 18.2 Å². The number of halogens is 1. The summed E-state index contributed by atoms with van der Waals surface area (Å²) in [6, 6.07) is 6.32. The van der Waals surface area contributed by atoms with Crippen LogP contribution >= 0.6 is 15.9 Å². The van der Waals surface area contributed by atoms with Gasteiger partial charge in [0.1, 0.15) is 16.8 Å². The maximum absolute atomic E-state index is 11.7. The van der Waals surface area contributed by atoms with Crippen molar-refractivity contribution in [3.8, 4) is 17.5 Å². The fourth-order valence-electron chi connectivity index (χ4n) is 1.83. The van der Waals surface area contributed by atoms with Crippen LogP contribution in [0, 0.1) is 0 Å². The average molecular weight is 400 g/mol. The molecular weight excluding hydrogens is 390 g/mol. The largest absolute Gasteiger partial charge is 0.480 e. The molecule has 0 saturated carbocycles. The topological polar surface area (TPSA) is 109 Å². The number of fused-ring (bicyclic) bond motifs is 1. The number of nitrogens with zero attached hydrogens (tertiary/aromatic N) is 5. The summed E-state index contributed by atoms with van der Waals surface area (Å²) in [6.45, 7) is 0. The molecule has 0 N–H and O–H groups in total. The third kappa shape index (κ3) is 3.10. The molecule has 0 spiro atoms. The van der Waals surface area contributed by atoms with Gasteiger partial charge in [-0.15, -0.1) is 19.4 Å². The lowest BCUT2D eigenvalue weighted by molar-refractivity contribution is 0.383. The van der Waals surface area contributed by atoms with Crippen LogP contribution in [-0.2, 0) is 10.0 Å². The number of ether oxygens (including phenoxy) is 2. The van der Waals surface area contributed by atoms with Crippen molar-refractivity contribution < 1.29 is 17.9 Å². The fourth-order valence-corrected chi connectivity index (χ4v) is 3.01. The molecular formula is C12H10BrN5O4S. The molecule has 1 aromatic carbocycles. The van der Waals surface area contributed by atoms with Gasteiger partial charge in [-0.3, -0.25) is 0 Å². The van der Waals surface area contributed by atoms with Crippen LogP contribution in [0.15, 0.2) is 28.7 Å². The predicted molar refractivity (Wildman–Crippen MR) is 84.1 cm³/mol. The van der Waals surface area contributed by atoms with Crippen LogP contribution in [0.4, 0.5) is 0 Å². The molecule has 3 aromatic rings. The second kappa shape index (κ2) is 5.74. The van der Waals surface area contributed by atoms with Gasteiger partial charge in [-0.25, -0.2) is 8.42 Å². The van der Waals surface area contributed by atoms with Crippen molar-refractivity contribution in [3.63, 3.8) is 0 Å². The van der Waals surface area contributed by atoms with E-state index in [0.717, 1.165) is 10.3 Å². The molecule has 120 valence electrons. The maximum atomic E-state index is 11.7. The molecule has 0 aliphatic heterocycles. The molecule has 0 atom stereocenters. The van der Waals surface area contributed by atoms with Gasteiger partial charge >= 0.3 is 0 Å². The second-order valence-electron chi connectivity index (χ2n) is 4.48. The molecule has 0 bridgehead atoms. The van der Waals surface area contributed by atoms with Gasteiger partial charge in [-0.1, -0.05) is 5.21 Å². The van der Waals surface area contributed by atoms with Crippen LogP contribution in [0.5, 0.6) is 17.5 Å². The van der Waals surface area contributed by atoms with Gasteiger partial charge in [0, 0.05) is 18.2 Å². The average Bonchev–Trinajstić information content (AvgIpc) is 2.92. The van der Waals surface area contributed by atoms with Crippen molar-refractivity contribution in [2.24, 2.45) is 0 Å². The molecule has 0 fully saturated rings. The summed E-state index contributed by atoms with van der Waals surface area (Å²) in [7, 11) is -2.10. The first-order valence-corrected chi connectivity index (χ1v) is 8.83. The lowest BCUT2D eigenvalue weighted by atomic mass is 10.3. The Labute approximate surface area is 139 Å².